The lowest BCUT2D eigenvalue weighted by atomic mass is 10.1. The molecule has 0 saturated carbocycles. The maximum Gasteiger partial charge on any atom is 0.161 e. The molecule has 2 rings (SSSR count). The molecule has 0 aliphatic carbocycles. The molecular formula is C16H16FNOS. The minimum absolute atomic E-state index is 0.143. The first-order chi connectivity index (χ1) is 9.36. The number of rotatable bonds is 3. The van der Waals surface area contributed by atoms with E-state index in [0.29, 0.717) is 11.1 Å². The van der Waals surface area contributed by atoms with E-state index in [1.165, 1.54) is 24.8 Å². The average molecular weight is 289 g/mol. The Morgan fingerprint density at radius 3 is 2.45 bits per heavy atom. The Morgan fingerprint density at radius 1 is 1.15 bits per heavy atom. The minimum Gasteiger partial charge on any atom is -0.294 e. The summed E-state index contributed by atoms with van der Waals surface area (Å²) in [5, 5.41) is 0.816. The maximum absolute atomic E-state index is 13.6. The van der Waals surface area contributed by atoms with Gasteiger partial charge in [-0.3, -0.25) is 4.79 Å². The summed E-state index contributed by atoms with van der Waals surface area (Å²) < 4.78 is 13.6. The highest BCUT2D eigenvalue weighted by molar-refractivity contribution is 7.99. The molecule has 0 saturated heterocycles. The second-order valence-electron chi connectivity index (χ2n) is 4.88. The SMILES string of the molecule is CC(=O)c1cc(F)c(C)cc1Sc1cc(C)cc(C)n1. The highest BCUT2D eigenvalue weighted by atomic mass is 32.2. The zero-order valence-corrected chi connectivity index (χ0v) is 12.8. The normalized spacial score (nSPS) is 10.7. The van der Waals surface area contributed by atoms with Gasteiger partial charge in [0.25, 0.3) is 0 Å². The molecule has 4 heteroatoms. The lowest BCUT2D eigenvalue weighted by Crippen LogP contribution is -1.99. The molecule has 0 aliphatic rings. The molecule has 0 unspecified atom stereocenters. The van der Waals surface area contributed by atoms with Crippen LogP contribution in [0.5, 0.6) is 0 Å². The lowest BCUT2D eigenvalue weighted by Gasteiger charge is -2.09. The topological polar surface area (TPSA) is 30.0 Å². The van der Waals surface area contributed by atoms with Crippen molar-refractivity contribution >= 4 is 17.5 Å². The van der Waals surface area contributed by atoms with Crippen molar-refractivity contribution < 1.29 is 9.18 Å². The van der Waals surface area contributed by atoms with E-state index in [9.17, 15) is 9.18 Å². The molecule has 0 aliphatic heterocycles. The first kappa shape index (κ1) is 14.7. The number of benzene rings is 1. The fourth-order valence-corrected chi connectivity index (χ4v) is 3.19. The van der Waals surface area contributed by atoms with Crippen LogP contribution in [0.25, 0.3) is 0 Å². The summed E-state index contributed by atoms with van der Waals surface area (Å²) in [4.78, 5) is 16.8. The van der Waals surface area contributed by atoms with Gasteiger partial charge in [0.05, 0.1) is 0 Å². The van der Waals surface area contributed by atoms with Gasteiger partial charge in [0.1, 0.15) is 10.8 Å². The van der Waals surface area contributed by atoms with Crippen molar-refractivity contribution in [2.75, 3.05) is 0 Å². The average Bonchev–Trinajstić information content (AvgIpc) is 2.31. The fourth-order valence-electron chi connectivity index (χ4n) is 1.98. The number of ketones is 1. The van der Waals surface area contributed by atoms with Crippen LogP contribution >= 0.6 is 11.8 Å². The third kappa shape index (κ3) is 3.25. The molecule has 0 amide bonds. The number of carbonyl (C=O) groups excluding carboxylic acids is 1. The van der Waals surface area contributed by atoms with E-state index in [-0.39, 0.29) is 11.6 Å². The van der Waals surface area contributed by atoms with E-state index in [1.54, 1.807) is 13.0 Å². The predicted molar refractivity (Wildman–Crippen MR) is 79.0 cm³/mol. The van der Waals surface area contributed by atoms with E-state index in [0.717, 1.165) is 21.2 Å². The molecule has 0 N–H and O–H groups in total. The Labute approximate surface area is 122 Å². The van der Waals surface area contributed by atoms with Crippen LogP contribution in [0.15, 0.2) is 34.2 Å². The van der Waals surface area contributed by atoms with Crippen LogP contribution in [0.4, 0.5) is 4.39 Å². The summed E-state index contributed by atoms with van der Waals surface area (Å²) in [6.45, 7) is 7.07. The number of pyridine rings is 1. The molecule has 1 heterocycles. The van der Waals surface area contributed by atoms with Gasteiger partial charge in [-0.05, 0) is 63.1 Å². The first-order valence-corrected chi connectivity index (χ1v) is 7.12. The van der Waals surface area contributed by atoms with Crippen LogP contribution in [-0.2, 0) is 0 Å². The van der Waals surface area contributed by atoms with Gasteiger partial charge in [0.15, 0.2) is 5.78 Å². The van der Waals surface area contributed by atoms with Crippen molar-refractivity contribution in [2.45, 2.75) is 37.6 Å². The molecule has 0 radical (unpaired) electrons. The van der Waals surface area contributed by atoms with E-state index in [4.69, 9.17) is 0 Å². The van der Waals surface area contributed by atoms with E-state index in [1.807, 2.05) is 26.0 Å². The summed E-state index contributed by atoms with van der Waals surface area (Å²) in [6, 6.07) is 6.96. The predicted octanol–water partition coefficient (Wildman–Crippen LogP) is 4.50. The number of carbonyl (C=O) groups is 1. The van der Waals surface area contributed by atoms with Gasteiger partial charge >= 0.3 is 0 Å². The Balaban J connectivity index is 2.47. The molecule has 2 nitrogen and oxygen atoms in total. The Hall–Kier alpha value is -1.68. The Bertz CT molecular complexity index is 662. The van der Waals surface area contributed by atoms with Crippen molar-refractivity contribution in [3.63, 3.8) is 0 Å². The Kier molecular flexibility index (Phi) is 4.23. The number of Topliss-reactive ketones (excluding diaryl/α,β-unsaturated/α-hetero) is 1. The smallest absolute Gasteiger partial charge is 0.161 e. The van der Waals surface area contributed by atoms with Crippen molar-refractivity contribution in [3.05, 3.63) is 52.5 Å². The molecular weight excluding hydrogens is 273 g/mol. The van der Waals surface area contributed by atoms with Gasteiger partial charge < -0.3 is 0 Å². The van der Waals surface area contributed by atoms with E-state index >= 15 is 0 Å². The first-order valence-electron chi connectivity index (χ1n) is 6.31. The van der Waals surface area contributed by atoms with Crippen LogP contribution in [-0.4, -0.2) is 10.8 Å². The van der Waals surface area contributed by atoms with Gasteiger partial charge in [-0.25, -0.2) is 9.37 Å². The van der Waals surface area contributed by atoms with Gasteiger partial charge in [0, 0.05) is 16.2 Å². The monoisotopic (exact) mass is 289 g/mol. The summed E-state index contributed by atoms with van der Waals surface area (Å²) in [5.74, 6) is -0.497. The van der Waals surface area contributed by atoms with Crippen LogP contribution in [0.1, 0.15) is 34.1 Å². The van der Waals surface area contributed by atoms with Crippen molar-refractivity contribution in [1.82, 2.24) is 4.98 Å². The second kappa shape index (κ2) is 5.75. The Morgan fingerprint density at radius 2 is 1.85 bits per heavy atom. The second-order valence-corrected chi connectivity index (χ2v) is 5.94. The summed E-state index contributed by atoms with van der Waals surface area (Å²) in [5.41, 5.74) is 2.97. The zero-order chi connectivity index (χ0) is 14.9. The molecule has 1 aromatic carbocycles. The number of hydrogen-bond acceptors (Lipinski definition) is 3. The molecule has 2 aromatic rings. The number of aromatic nitrogens is 1. The van der Waals surface area contributed by atoms with Crippen LogP contribution < -0.4 is 0 Å². The van der Waals surface area contributed by atoms with Crippen molar-refractivity contribution in [2.24, 2.45) is 0 Å². The lowest BCUT2D eigenvalue weighted by molar-refractivity contribution is 0.101. The van der Waals surface area contributed by atoms with Crippen LogP contribution in [0.2, 0.25) is 0 Å². The molecule has 0 spiro atoms. The van der Waals surface area contributed by atoms with Crippen molar-refractivity contribution in [1.29, 1.82) is 0 Å². The molecule has 104 valence electrons. The number of hydrogen-bond donors (Lipinski definition) is 0. The standard InChI is InChI=1S/C16H16FNOS/c1-9-5-11(3)18-16(6-9)20-15-7-10(2)14(17)8-13(15)12(4)19/h5-8H,1-4H3. The van der Waals surface area contributed by atoms with E-state index in [2.05, 4.69) is 4.98 Å². The third-order valence-electron chi connectivity index (χ3n) is 2.93. The molecule has 1 aromatic heterocycles. The summed E-state index contributed by atoms with van der Waals surface area (Å²) >= 11 is 1.40. The summed E-state index contributed by atoms with van der Waals surface area (Å²) in [7, 11) is 0. The molecule has 0 atom stereocenters. The fraction of sp³-hybridized carbons (Fsp3) is 0.250. The quantitative estimate of drug-likeness (QED) is 0.779. The number of nitrogens with zero attached hydrogens (tertiary/aromatic N) is 1. The van der Waals surface area contributed by atoms with Gasteiger partial charge in [-0.15, -0.1) is 0 Å². The largest absolute Gasteiger partial charge is 0.294 e. The van der Waals surface area contributed by atoms with E-state index < -0.39 is 0 Å². The molecule has 0 bridgehead atoms. The number of halogens is 1. The van der Waals surface area contributed by atoms with Crippen LogP contribution in [0.3, 0.4) is 0 Å². The van der Waals surface area contributed by atoms with Crippen LogP contribution in [0, 0.1) is 26.6 Å². The van der Waals surface area contributed by atoms with Gasteiger partial charge in [0.2, 0.25) is 0 Å². The third-order valence-corrected chi connectivity index (χ3v) is 3.90. The maximum atomic E-state index is 13.6. The minimum atomic E-state index is -0.354. The van der Waals surface area contributed by atoms with Gasteiger partial charge in [-0.2, -0.15) is 0 Å². The highest BCUT2D eigenvalue weighted by Crippen LogP contribution is 2.32. The molecule has 0 fully saturated rings. The van der Waals surface area contributed by atoms with Gasteiger partial charge in [-0.1, -0.05) is 11.8 Å². The zero-order valence-electron chi connectivity index (χ0n) is 12.0. The number of aryl methyl sites for hydroxylation is 3. The molecule has 20 heavy (non-hydrogen) atoms. The van der Waals surface area contributed by atoms with Crippen molar-refractivity contribution in [3.8, 4) is 0 Å². The summed E-state index contributed by atoms with van der Waals surface area (Å²) in [6.07, 6.45) is 0. The highest BCUT2D eigenvalue weighted by Gasteiger charge is 2.13.